The van der Waals surface area contributed by atoms with Gasteiger partial charge in [-0.1, -0.05) is 34.1 Å². The molecule has 1 aliphatic heterocycles. The number of halogens is 1. The standard InChI is InChI=1S/C20H15BrN2O2/c21-16-5-6-19-14(10-16)9-15(12-25-19)20(24)23-11-13-7-8-22-18-4-2-1-3-17(13)18/h1-10H,11-12H2,(H,23,24). The molecule has 0 bridgehead atoms. The Kier molecular flexibility index (Phi) is 4.24. The van der Waals surface area contributed by atoms with Crippen molar-refractivity contribution in [3.63, 3.8) is 0 Å². The Morgan fingerprint density at radius 1 is 1.20 bits per heavy atom. The Balaban J connectivity index is 1.53. The summed E-state index contributed by atoms with van der Waals surface area (Å²) in [6, 6.07) is 15.6. The summed E-state index contributed by atoms with van der Waals surface area (Å²) in [5.74, 6) is 0.673. The number of amides is 1. The highest BCUT2D eigenvalue weighted by molar-refractivity contribution is 9.10. The van der Waals surface area contributed by atoms with Crippen molar-refractivity contribution in [3.8, 4) is 5.75 Å². The fourth-order valence-corrected chi connectivity index (χ4v) is 3.26. The van der Waals surface area contributed by atoms with Gasteiger partial charge in [-0.15, -0.1) is 0 Å². The lowest BCUT2D eigenvalue weighted by Crippen LogP contribution is -2.28. The van der Waals surface area contributed by atoms with Crippen LogP contribution in [-0.2, 0) is 11.3 Å². The number of carbonyl (C=O) groups is 1. The summed E-state index contributed by atoms with van der Waals surface area (Å²) in [6.07, 6.45) is 3.64. The maximum absolute atomic E-state index is 12.5. The maximum atomic E-state index is 12.5. The molecule has 25 heavy (non-hydrogen) atoms. The number of benzene rings is 2. The average Bonchev–Trinajstić information content (AvgIpc) is 2.65. The summed E-state index contributed by atoms with van der Waals surface area (Å²) in [5, 5.41) is 4.03. The second-order valence-corrected chi connectivity index (χ2v) is 6.73. The number of rotatable bonds is 3. The number of carbonyl (C=O) groups excluding carboxylic acids is 1. The van der Waals surface area contributed by atoms with Crippen LogP contribution in [-0.4, -0.2) is 17.5 Å². The minimum absolute atomic E-state index is 0.119. The van der Waals surface area contributed by atoms with E-state index in [0.29, 0.717) is 12.1 Å². The third-order valence-corrected chi connectivity index (χ3v) is 4.65. The third-order valence-electron chi connectivity index (χ3n) is 4.16. The third kappa shape index (κ3) is 3.28. The number of hydrogen-bond donors (Lipinski definition) is 1. The van der Waals surface area contributed by atoms with Crippen molar-refractivity contribution in [2.24, 2.45) is 0 Å². The first-order chi connectivity index (χ1) is 12.2. The highest BCUT2D eigenvalue weighted by Crippen LogP contribution is 2.29. The van der Waals surface area contributed by atoms with Gasteiger partial charge in [0.25, 0.3) is 5.91 Å². The highest BCUT2D eigenvalue weighted by Gasteiger charge is 2.17. The van der Waals surface area contributed by atoms with Crippen molar-refractivity contribution in [1.82, 2.24) is 10.3 Å². The first-order valence-corrected chi connectivity index (χ1v) is 8.74. The summed E-state index contributed by atoms with van der Waals surface area (Å²) in [7, 11) is 0. The molecule has 1 aliphatic rings. The molecule has 5 heteroatoms. The van der Waals surface area contributed by atoms with Crippen LogP contribution in [0.2, 0.25) is 0 Å². The number of fused-ring (bicyclic) bond motifs is 2. The van der Waals surface area contributed by atoms with Crippen LogP contribution in [0.4, 0.5) is 0 Å². The van der Waals surface area contributed by atoms with E-state index in [1.165, 1.54) is 0 Å². The van der Waals surface area contributed by atoms with Gasteiger partial charge >= 0.3 is 0 Å². The van der Waals surface area contributed by atoms with Crippen LogP contribution >= 0.6 is 15.9 Å². The second kappa shape index (κ2) is 6.69. The zero-order valence-electron chi connectivity index (χ0n) is 13.3. The molecule has 0 spiro atoms. The van der Waals surface area contributed by atoms with Crippen molar-refractivity contribution in [2.45, 2.75) is 6.54 Å². The molecular weight excluding hydrogens is 380 g/mol. The topological polar surface area (TPSA) is 51.2 Å². The van der Waals surface area contributed by atoms with E-state index in [4.69, 9.17) is 4.74 Å². The van der Waals surface area contributed by atoms with Crippen molar-refractivity contribution in [1.29, 1.82) is 0 Å². The summed E-state index contributed by atoms with van der Waals surface area (Å²) in [4.78, 5) is 16.9. The fraction of sp³-hybridized carbons (Fsp3) is 0.100. The highest BCUT2D eigenvalue weighted by atomic mass is 79.9. The van der Waals surface area contributed by atoms with Crippen molar-refractivity contribution in [3.05, 3.63) is 75.9 Å². The van der Waals surface area contributed by atoms with Gasteiger partial charge in [0.2, 0.25) is 0 Å². The molecule has 0 saturated carbocycles. The van der Waals surface area contributed by atoms with Crippen molar-refractivity contribution in [2.75, 3.05) is 6.61 Å². The van der Waals surface area contributed by atoms with E-state index in [1.54, 1.807) is 6.20 Å². The zero-order valence-corrected chi connectivity index (χ0v) is 14.9. The fourth-order valence-electron chi connectivity index (χ4n) is 2.88. The van der Waals surface area contributed by atoms with E-state index >= 15 is 0 Å². The predicted molar refractivity (Wildman–Crippen MR) is 101 cm³/mol. The molecule has 2 aromatic carbocycles. The molecular formula is C20H15BrN2O2. The first-order valence-electron chi connectivity index (χ1n) is 7.94. The molecule has 124 valence electrons. The number of nitrogens with zero attached hydrogens (tertiary/aromatic N) is 1. The predicted octanol–water partition coefficient (Wildman–Crippen LogP) is 4.09. The van der Waals surface area contributed by atoms with Gasteiger partial charge in [-0.3, -0.25) is 9.78 Å². The van der Waals surface area contributed by atoms with E-state index in [2.05, 4.69) is 26.2 Å². The molecule has 4 nitrogen and oxygen atoms in total. The van der Waals surface area contributed by atoms with E-state index in [1.807, 2.05) is 54.6 Å². The Labute approximate surface area is 153 Å². The van der Waals surface area contributed by atoms with Crippen LogP contribution < -0.4 is 10.1 Å². The molecule has 0 unspecified atom stereocenters. The SMILES string of the molecule is O=C(NCc1ccnc2ccccc12)C1=Cc2cc(Br)ccc2OC1. The minimum atomic E-state index is -0.119. The van der Waals surface area contributed by atoms with Gasteiger partial charge in [0.05, 0.1) is 11.1 Å². The number of hydrogen-bond acceptors (Lipinski definition) is 3. The minimum Gasteiger partial charge on any atom is -0.488 e. The van der Waals surface area contributed by atoms with Gasteiger partial charge < -0.3 is 10.1 Å². The Hall–Kier alpha value is -2.66. The molecule has 0 fully saturated rings. The Morgan fingerprint density at radius 3 is 3.00 bits per heavy atom. The molecule has 0 atom stereocenters. The molecule has 1 N–H and O–H groups in total. The first kappa shape index (κ1) is 15.8. The van der Waals surface area contributed by atoms with Gasteiger partial charge in [0.1, 0.15) is 12.4 Å². The Bertz CT molecular complexity index is 993. The number of ether oxygens (including phenoxy) is 1. The second-order valence-electron chi connectivity index (χ2n) is 5.81. The maximum Gasteiger partial charge on any atom is 0.250 e. The molecule has 3 aromatic rings. The molecule has 4 rings (SSSR count). The van der Waals surface area contributed by atoms with E-state index in [9.17, 15) is 4.79 Å². The normalized spacial score (nSPS) is 12.9. The summed E-state index contributed by atoms with van der Waals surface area (Å²) in [6.45, 7) is 0.724. The molecule has 0 saturated heterocycles. The zero-order chi connectivity index (χ0) is 17.2. The smallest absolute Gasteiger partial charge is 0.250 e. The van der Waals surface area contributed by atoms with Gasteiger partial charge in [-0.2, -0.15) is 0 Å². The molecule has 1 aromatic heterocycles. The van der Waals surface area contributed by atoms with Crippen molar-refractivity contribution < 1.29 is 9.53 Å². The number of pyridine rings is 1. The molecule has 0 aliphatic carbocycles. The van der Waals surface area contributed by atoms with Gasteiger partial charge in [0.15, 0.2) is 0 Å². The summed E-state index contributed by atoms with van der Waals surface area (Å²) >= 11 is 3.44. The average molecular weight is 395 g/mol. The van der Waals surface area contributed by atoms with Gasteiger partial charge in [-0.05, 0) is 42.0 Å². The summed E-state index contributed by atoms with van der Waals surface area (Å²) in [5.41, 5.74) is 3.48. The molecule has 1 amide bonds. The van der Waals surface area contributed by atoms with E-state index < -0.39 is 0 Å². The van der Waals surface area contributed by atoms with Crippen molar-refractivity contribution >= 4 is 38.8 Å². The summed E-state index contributed by atoms with van der Waals surface area (Å²) < 4.78 is 6.63. The lowest BCUT2D eigenvalue weighted by Gasteiger charge is -2.18. The van der Waals surface area contributed by atoms with Gasteiger partial charge in [0, 0.05) is 28.2 Å². The van der Waals surface area contributed by atoms with Gasteiger partial charge in [-0.25, -0.2) is 0 Å². The van der Waals surface area contributed by atoms with Crippen LogP contribution in [0.5, 0.6) is 5.75 Å². The van der Waals surface area contributed by atoms with Crippen LogP contribution in [0, 0.1) is 0 Å². The van der Waals surface area contributed by atoms with Crippen LogP contribution in [0.3, 0.4) is 0 Å². The number of nitrogens with one attached hydrogen (secondary N) is 1. The Morgan fingerprint density at radius 2 is 2.08 bits per heavy atom. The van der Waals surface area contributed by atoms with E-state index in [-0.39, 0.29) is 12.5 Å². The number of aromatic nitrogens is 1. The monoisotopic (exact) mass is 394 g/mol. The molecule has 2 heterocycles. The molecule has 0 radical (unpaired) electrons. The lowest BCUT2D eigenvalue weighted by atomic mass is 10.1. The van der Waals surface area contributed by atoms with E-state index in [0.717, 1.165) is 32.3 Å². The quantitative estimate of drug-likeness (QED) is 0.727. The van der Waals surface area contributed by atoms with Crippen LogP contribution in [0.1, 0.15) is 11.1 Å². The van der Waals surface area contributed by atoms with Crippen LogP contribution in [0.15, 0.2) is 64.8 Å². The number of para-hydroxylation sites is 1. The lowest BCUT2D eigenvalue weighted by molar-refractivity contribution is -0.117. The van der Waals surface area contributed by atoms with Crippen LogP contribution in [0.25, 0.3) is 17.0 Å². The largest absolute Gasteiger partial charge is 0.488 e.